The van der Waals surface area contributed by atoms with E-state index in [2.05, 4.69) is 24.2 Å². The number of rotatable bonds is 7. The number of nitrogens with zero attached hydrogens (tertiary/aromatic N) is 3. The van der Waals surface area contributed by atoms with Crippen LogP contribution in [0.4, 0.5) is 4.39 Å². The van der Waals surface area contributed by atoms with Crippen LogP contribution in [0.2, 0.25) is 0 Å². The molecule has 194 valence electrons. The van der Waals surface area contributed by atoms with Crippen molar-refractivity contribution in [2.45, 2.75) is 45.2 Å². The standard InChI is InChI=1S/C32H32FN3O2/c1-22-20-35(21-24-11-5-3-6-12-24)34-30(31(22)37)32(38)36-18-10-17-28(36)23(2)29(25-13-7-4-8-14-25)26-15-9-16-27(33)19-26/h3-9,11-16,19-20,23,28-29H,10,17-18,21H2,1-2H3/t23-,28+,29+/m0/s1. The van der Waals surface area contributed by atoms with E-state index >= 15 is 0 Å². The van der Waals surface area contributed by atoms with Crippen LogP contribution in [0.5, 0.6) is 0 Å². The lowest BCUT2D eigenvalue weighted by Crippen LogP contribution is -2.44. The first-order valence-electron chi connectivity index (χ1n) is 13.2. The van der Waals surface area contributed by atoms with Crippen LogP contribution in [0.25, 0.3) is 0 Å². The first-order chi connectivity index (χ1) is 18.4. The number of carbonyl (C=O) groups is 1. The summed E-state index contributed by atoms with van der Waals surface area (Å²) < 4.78 is 16.0. The van der Waals surface area contributed by atoms with Gasteiger partial charge in [0.2, 0.25) is 5.43 Å². The Bertz CT molecular complexity index is 1470. The molecule has 1 fully saturated rings. The highest BCUT2D eigenvalue weighted by Crippen LogP contribution is 2.39. The largest absolute Gasteiger partial charge is 0.334 e. The minimum absolute atomic E-state index is 0.0120. The normalized spacial score (nSPS) is 16.8. The lowest BCUT2D eigenvalue weighted by Gasteiger charge is -2.35. The summed E-state index contributed by atoms with van der Waals surface area (Å²) in [6, 6.07) is 26.5. The van der Waals surface area contributed by atoms with E-state index in [0.29, 0.717) is 18.7 Å². The van der Waals surface area contributed by atoms with Gasteiger partial charge in [0.1, 0.15) is 5.82 Å². The first-order valence-corrected chi connectivity index (χ1v) is 13.2. The second kappa shape index (κ2) is 11.1. The van der Waals surface area contributed by atoms with E-state index in [1.807, 2.05) is 59.5 Å². The quantitative estimate of drug-likeness (QED) is 0.316. The molecule has 0 N–H and O–H groups in total. The van der Waals surface area contributed by atoms with Crippen molar-refractivity contribution in [1.29, 1.82) is 0 Å². The van der Waals surface area contributed by atoms with Crippen LogP contribution in [-0.4, -0.2) is 33.2 Å². The predicted molar refractivity (Wildman–Crippen MR) is 147 cm³/mol. The van der Waals surface area contributed by atoms with Crippen LogP contribution < -0.4 is 5.43 Å². The predicted octanol–water partition coefficient (Wildman–Crippen LogP) is 5.81. The maximum absolute atomic E-state index is 14.3. The number of hydrogen-bond acceptors (Lipinski definition) is 3. The Morgan fingerprint density at radius 3 is 2.39 bits per heavy atom. The average molecular weight is 510 g/mol. The number of amides is 1. The fourth-order valence-corrected chi connectivity index (χ4v) is 5.77. The molecule has 5 nitrogen and oxygen atoms in total. The van der Waals surface area contributed by atoms with Gasteiger partial charge in [0.05, 0.1) is 6.54 Å². The molecule has 1 aromatic heterocycles. The van der Waals surface area contributed by atoms with Crippen molar-refractivity contribution in [2.24, 2.45) is 5.92 Å². The van der Waals surface area contributed by atoms with Gasteiger partial charge < -0.3 is 4.90 Å². The summed E-state index contributed by atoms with van der Waals surface area (Å²) >= 11 is 0. The van der Waals surface area contributed by atoms with E-state index in [4.69, 9.17) is 0 Å². The Morgan fingerprint density at radius 1 is 1.00 bits per heavy atom. The molecule has 1 saturated heterocycles. The molecule has 0 radical (unpaired) electrons. The number of aryl methyl sites for hydroxylation is 1. The van der Waals surface area contributed by atoms with Crippen LogP contribution in [-0.2, 0) is 6.54 Å². The molecule has 1 aliphatic heterocycles. The highest BCUT2D eigenvalue weighted by Gasteiger charge is 2.39. The monoisotopic (exact) mass is 509 g/mol. The summed E-state index contributed by atoms with van der Waals surface area (Å²) in [7, 11) is 0. The van der Waals surface area contributed by atoms with E-state index in [1.54, 1.807) is 29.9 Å². The second-order valence-electron chi connectivity index (χ2n) is 10.2. The fourth-order valence-electron chi connectivity index (χ4n) is 5.77. The molecule has 38 heavy (non-hydrogen) atoms. The third kappa shape index (κ3) is 5.30. The topological polar surface area (TPSA) is 55.2 Å². The number of carbonyl (C=O) groups excluding carboxylic acids is 1. The van der Waals surface area contributed by atoms with Crippen molar-refractivity contribution in [3.05, 3.63) is 135 Å². The molecule has 3 atom stereocenters. The molecule has 0 bridgehead atoms. The van der Waals surface area contributed by atoms with Crippen LogP contribution in [0, 0.1) is 18.7 Å². The zero-order valence-corrected chi connectivity index (χ0v) is 21.8. The van der Waals surface area contributed by atoms with Gasteiger partial charge in [0.15, 0.2) is 5.69 Å². The van der Waals surface area contributed by atoms with Gasteiger partial charge in [-0.3, -0.25) is 14.3 Å². The van der Waals surface area contributed by atoms with Gasteiger partial charge in [0.25, 0.3) is 5.91 Å². The molecule has 6 heteroatoms. The Hall–Kier alpha value is -4.06. The first kappa shape index (κ1) is 25.6. The van der Waals surface area contributed by atoms with Gasteiger partial charge in [0, 0.05) is 30.3 Å². The maximum Gasteiger partial charge on any atom is 0.278 e. The third-order valence-electron chi connectivity index (χ3n) is 7.59. The Morgan fingerprint density at radius 2 is 1.68 bits per heavy atom. The van der Waals surface area contributed by atoms with Gasteiger partial charge in [-0.1, -0.05) is 79.7 Å². The van der Waals surface area contributed by atoms with E-state index in [0.717, 1.165) is 29.5 Å². The Balaban J connectivity index is 1.47. The smallest absolute Gasteiger partial charge is 0.278 e. The molecular weight excluding hydrogens is 477 g/mol. The van der Waals surface area contributed by atoms with Gasteiger partial charge in [-0.2, -0.15) is 5.10 Å². The van der Waals surface area contributed by atoms with Crippen LogP contribution in [0.3, 0.4) is 0 Å². The average Bonchev–Trinajstić information content (AvgIpc) is 3.42. The molecule has 4 aromatic rings. The zero-order chi connectivity index (χ0) is 26.6. The van der Waals surface area contributed by atoms with Crippen molar-refractivity contribution < 1.29 is 9.18 Å². The van der Waals surface area contributed by atoms with Crippen molar-refractivity contribution in [3.8, 4) is 0 Å². The Labute approximate surface area is 222 Å². The summed E-state index contributed by atoms with van der Waals surface area (Å²) in [5.41, 5.74) is 3.11. The number of benzene rings is 3. The van der Waals surface area contributed by atoms with Crippen molar-refractivity contribution >= 4 is 5.91 Å². The molecule has 1 amide bonds. The van der Waals surface area contributed by atoms with Crippen LogP contribution in [0.15, 0.2) is 95.9 Å². The summed E-state index contributed by atoms with van der Waals surface area (Å²) in [5, 5.41) is 4.50. The van der Waals surface area contributed by atoms with Crippen molar-refractivity contribution in [2.75, 3.05) is 6.54 Å². The van der Waals surface area contributed by atoms with E-state index in [-0.39, 0.29) is 40.7 Å². The third-order valence-corrected chi connectivity index (χ3v) is 7.59. The van der Waals surface area contributed by atoms with E-state index < -0.39 is 0 Å². The number of aromatic nitrogens is 2. The fraction of sp³-hybridized carbons (Fsp3) is 0.281. The van der Waals surface area contributed by atoms with E-state index in [9.17, 15) is 14.0 Å². The van der Waals surface area contributed by atoms with Crippen LogP contribution in [0.1, 0.15) is 58.4 Å². The van der Waals surface area contributed by atoms with Gasteiger partial charge in [-0.25, -0.2) is 4.39 Å². The molecule has 3 aromatic carbocycles. The number of hydrogen-bond donors (Lipinski definition) is 0. The minimum atomic E-state index is -0.332. The summed E-state index contributed by atoms with van der Waals surface area (Å²) in [6.07, 6.45) is 3.36. The second-order valence-corrected chi connectivity index (χ2v) is 10.2. The summed E-state index contributed by atoms with van der Waals surface area (Å²) in [6.45, 7) is 4.88. The molecule has 2 heterocycles. The molecule has 0 unspecified atom stereocenters. The van der Waals surface area contributed by atoms with Crippen molar-refractivity contribution in [3.63, 3.8) is 0 Å². The van der Waals surface area contributed by atoms with E-state index in [1.165, 1.54) is 6.07 Å². The highest BCUT2D eigenvalue weighted by molar-refractivity contribution is 5.92. The zero-order valence-electron chi connectivity index (χ0n) is 21.8. The minimum Gasteiger partial charge on any atom is -0.334 e. The van der Waals surface area contributed by atoms with Crippen molar-refractivity contribution in [1.82, 2.24) is 14.7 Å². The van der Waals surface area contributed by atoms with Gasteiger partial charge in [-0.15, -0.1) is 0 Å². The SMILES string of the molecule is Cc1cn(Cc2ccccc2)nc(C(=O)N2CCC[C@@H]2[C@H](C)[C@H](c2ccccc2)c2cccc(F)c2)c1=O. The van der Waals surface area contributed by atoms with Gasteiger partial charge in [-0.05, 0) is 54.5 Å². The molecule has 0 spiro atoms. The van der Waals surface area contributed by atoms with Gasteiger partial charge >= 0.3 is 0 Å². The van der Waals surface area contributed by atoms with Crippen LogP contribution >= 0.6 is 0 Å². The molecule has 0 saturated carbocycles. The Kier molecular flexibility index (Phi) is 7.50. The maximum atomic E-state index is 14.3. The molecule has 1 aliphatic rings. The number of halogens is 1. The molecule has 5 rings (SSSR count). The number of likely N-dealkylation sites (tertiary alicyclic amines) is 1. The highest BCUT2D eigenvalue weighted by atomic mass is 19.1. The lowest BCUT2D eigenvalue weighted by molar-refractivity contribution is 0.0676. The molecule has 0 aliphatic carbocycles. The lowest BCUT2D eigenvalue weighted by atomic mass is 9.77. The summed E-state index contributed by atoms with van der Waals surface area (Å²) in [5.74, 6) is -0.730. The summed E-state index contributed by atoms with van der Waals surface area (Å²) in [4.78, 5) is 28.8. The molecular formula is C32H32FN3O2.